The molecule has 3 aromatic carbocycles. The summed E-state index contributed by atoms with van der Waals surface area (Å²) >= 11 is 0.711. The van der Waals surface area contributed by atoms with Crippen LogP contribution in [0, 0.1) is 6.92 Å². The molecule has 0 unspecified atom stereocenters. The number of hydrogen-bond donors (Lipinski definition) is 1. The maximum absolute atomic E-state index is 13.5. The molecular weight excluding hydrogens is 529 g/mol. The molecule has 0 radical (unpaired) electrons. The fourth-order valence-corrected chi connectivity index (χ4v) is 5.51. The highest BCUT2D eigenvalue weighted by Gasteiger charge is 2.44. The van der Waals surface area contributed by atoms with Gasteiger partial charge in [-0.15, -0.1) is 13.2 Å². The van der Waals surface area contributed by atoms with Crippen LogP contribution in [0.2, 0.25) is 0 Å². The molecule has 0 bridgehead atoms. The number of aryl methyl sites for hydroxylation is 1. The van der Waals surface area contributed by atoms with Crippen LogP contribution in [0.4, 0.5) is 23.7 Å². The van der Waals surface area contributed by atoms with Gasteiger partial charge < -0.3 is 9.64 Å². The van der Waals surface area contributed by atoms with E-state index in [1.165, 1.54) is 24.3 Å². The van der Waals surface area contributed by atoms with Gasteiger partial charge >= 0.3 is 6.36 Å². The molecule has 2 heterocycles. The lowest BCUT2D eigenvalue weighted by Crippen LogP contribution is -2.35. The molecule has 200 valence electrons. The number of halogens is 3. The molecule has 1 saturated heterocycles. The molecule has 1 fully saturated rings. The van der Waals surface area contributed by atoms with Crippen molar-refractivity contribution in [3.05, 3.63) is 87.8 Å². The monoisotopic (exact) mass is 552 g/mol. The van der Waals surface area contributed by atoms with Gasteiger partial charge in [0.15, 0.2) is 0 Å². The van der Waals surface area contributed by atoms with Gasteiger partial charge in [0.05, 0.1) is 16.9 Å². The number of imide groups is 1. The van der Waals surface area contributed by atoms with Crippen molar-refractivity contribution in [2.75, 3.05) is 4.90 Å². The Kier molecular flexibility index (Phi) is 6.54. The second kappa shape index (κ2) is 9.60. The summed E-state index contributed by atoms with van der Waals surface area (Å²) in [6.45, 7) is 5.72. The van der Waals surface area contributed by atoms with Gasteiger partial charge in [-0.25, -0.2) is 0 Å². The number of nitrogens with one attached hydrogen (secondary N) is 1. The van der Waals surface area contributed by atoms with Crippen LogP contribution in [0.15, 0.2) is 65.6 Å². The number of nitrogens with zero attached hydrogens (tertiary/aromatic N) is 1. The van der Waals surface area contributed by atoms with E-state index < -0.39 is 28.7 Å². The summed E-state index contributed by atoms with van der Waals surface area (Å²) in [7, 11) is 0. The lowest BCUT2D eigenvalue weighted by atomic mass is 9.84. The molecule has 0 aromatic heterocycles. The second-order valence-corrected chi connectivity index (χ2v) is 10.9. The Labute approximate surface area is 226 Å². The van der Waals surface area contributed by atoms with Gasteiger partial charge in [0.2, 0.25) is 5.91 Å². The van der Waals surface area contributed by atoms with E-state index in [2.05, 4.69) is 10.1 Å². The summed E-state index contributed by atoms with van der Waals surface area (Å²) in [6, 6.07) is 17.0. The highest BCUT2D eigenvalue weighted by atomic mass is 32.2. The number of anilines is 1. The zero-order valence-corrected chi connectivity index (χ0v) is 22.0. The maximum atomic E-state index is 13.5. The Morgan fingerprint density at radius 1 is 1.00 bits per heavy atom. The van der Waals surface area contributed by atoms with E-state index in [0.717, 1.165) is 11.1 Å². The van der Waals surface area contributed by atoms with Crippen molar-refractivity contribution in [2.24, 2.45) is 0 Å². The van der Waals surface area contributed by atoms with Crippen molar-refractivity contribution in [2.45, 2.75) is 39.1 Å². The molecule has 0 saturated carbocycles. The van der Waals surface area contributed by atoms with E-state index in [1.807, 2.05) is 50.2 Å². The van der Waals surface area contributed by atoms with Crippen molar-refractivity contribution in [1.29, 1.82) is 0 Å². The topological polar surface area (TPSA) is 75.7 Å². The fraction of sp³-hybridized carbons (Fsp3) is 0.207. The fourth-order valence-electron chi connectivity index (χ4n) is 4.83. The lowest BCUT2D eigenvalue weighted by Gasteiger charge is -2.21. The van der Waals surface area contributed by atoms with E-state index in [4.69, 9.17) is 0 Å². The third kappa shape index (κ3) is 5.16. The average Bonchev–Trinajstić information content (AvgIpc) is 3.27. The third-order valence-electron chi connectivity index (χ3n) is 6.73. The Bertz CT molecular complexity index is 1550. The first-order valence-electron chi connectivity index (χ1n) is 12.0. The van der Waals surface area contributed by atoms with Gasteiger partial charge in [0.25, 0.3) is 11.1 Å². The van der Waals surface area contributed by atoms with E-state index in [-0.39, 0.29) is 16.4 Å². The van der Waals surface area contributed by atoms with E-state index >= 15 is 0 Å². The molecular formula is C29H23F3N2O4S. The standard InChI is InChI=1S/C29H23F3N2O4S/c1-16-11-21-22(34(26(36)28(21,2)3)15-17-7-5-4-6-8-17)14-19(16)20-12-18(9-10-23(20)38-29(30,31)32)13-24-25(35)33-27(37)39-24/h4-14H,15H2,1-3H3,(H,33,35,37). The van der Waals surface area contributed by atoms with Crippen LogP contribution in [0.3, 0.4) is 0 Å². The number of benzene rings is 3. The van der Waals surface area contributed by atoms with Gasteiger partial charge in [-0.3, -0.25) is 19.7 Å². The largest absolute Gasteiger partial charge is 0.573 e. The maximum Gasteiger partial charge on any atom is 0.573 e. The second-order valence-electron chi connectivity index (χ2n) is 9.84. The number of thioether (sulfide) groups is 1. The van der Waals surface area contributed by atoms with Crippen molar-refractivity contribution >= 4 is 40.6 Å². The highest BCUT2D eigenvalue weighted by molar-refractivity contribution is 8.18. The summed E-state index contributed by atoms with van der Waals surface area (Å²) < 4.78 is 44.4. The number of carbonyl (C=O) groups is 3. The van der Waals surface area contributed by atoms with Gasteiger partial charge in [-0.05, 0) is 84.6 Å². The number of fused-ring (bicyclic) bond motifs is 1. The molecule has 2 aliphatic heterocycles. The van der Waals surface area contributed by atoms with Crippen molar-refractivity contribution in [1.82, 2.24) is 5.32 Å². The minimum Gasteiger partial charge on any atom is -0.405 e. The van der Waals surface area contributed by atoms with Gasteiger partial charge in [0.1, 0.15) is 5.75 Å². The Morgan fingerprint density at radius 3 is 2.36 bits per heavy atom. The molecule has 3 amide bonds. The number of amides is 3. The first-order chi connectivity index (χ1) is 18.3. The van der Waals surface area contributed by atoms with Crippen LogP contribution < -0.4 is 15.0 Å². The Hall–Kier alpha value is -4.05. The Balaban J connectivity index is 1.65. The number of ether oxygens (including phenoxy) is 1. The summed E-state index contributed by atoms with van der Waals surface area (Å²) in [5.41, 5.74) is 3.09. The molecule has 3 aromatic rings. The zero-order chi connectivity index (χ0) is 28.1. The molecule has 6 nitrogen and oxygen atoms in total. The molecule has 0 spiro atoms. The smallest absolute Gasteiger partial charge is 0.405 e. The molecule has 5 rings (SSSR count). The average molecular weight is 553 g/mol. The zero-order valence-electron chi connectivity index (χ0n) is 21.2. The van der Waals surface area contributed by atoms with Crippen LogP contribution in [-0.2, 0) is 21.5 Å². The molecule has 39 heavy (non-hydrogen) atoms. The highest BCUT2D eigenvalue weighted by Crippen LogP contribution is 2.47. The summed E-state index contributed by atoms with van der Waals surface area (Å²) in [6.07, 6.45) is -3.51. The molecule has 1 N–H and O–H groups in total. The third-order valence-corrected chi connectivity index (χ3v) is 7.54. The minimum absolute atomic E-state index is 0.114. The lowest BCUT2D eigenvalue weighted by molar-refractivity contribution is -0.274. The van der Waals surface area contributed by atoms with Crippen LogP contribution in [0.1, 0.15) is 36.1 Å². The Morgan fingerprint density at radius 2 is 1.72 bits per heavy atom. The quantitative estimate of drug-likeness (QED) is 0.356. The molecule has 2 aliphatic rings. The summed E-state index contributed by atoms with van der Waals surface area (Å²) in [4.78, 5) is 38.8. The normalized spacial score (nSPS) is 17.5. The summed E-state index contributed by atoms with van der Waals surface area (Å²) in [5.74, 6) is -1.12. The van der Waals surface area contributed by atoms with Crippen LogP contribution >= 0.6 is 11.8 Å². The predicted molar refractivity (Wildman–Crippen MR) is 143 cm³/mol. The number of hydrogen-bond acceptors (Lipinski definition) is 5. The molecule has 0 aliphatic carbocycles. The molecule has 0 atom stereocenters. The van der Waals surface area contributed by atoms with Gasteiger partial charge in [-0.1, -0.05) is 42.5 Å². The van der Waals surface area contributed by atoms with Crippen LogP contribution in [0.25, 0.3) is 17.2 Å². The van der Waals surface area contributed by atoms with E-state index in [9.17, 15) is 27.6 Å². The molecule has 10 heteroatoms. The predicted octanol–water partition coefficient (Wildman–Crippen LogP) is 6.71. The number of rotatable bonds is 5. The van der Waals surface area contributed by atoms with Crippen molar-refractivity contribution in [3.8, 4) is 16.9 Å². The van der Waals surface area contributed by atoms with Crippen molar-refractivity contribution < 1.29 is 32.3 Å². The van der Waals surface area contributed by atoms with Crippen LogP contribution in [-0.4, -0.2) is 23.4 Å². The van der Waals surface area contributed by atoms with E-state index in [0.29, 0.717) is 40.7 Å². The first-order valence-corrected chi connectivity index (χ1v) is 12.8. The van der Waals surface area contributed by atoms with Crippen LogP contribution in [0.5, 0.6) is 5.75 Å². The number of carbonyl (C=O) groups excluding carboxylic acids is 3. The van der Waals surface area contributed by atoms with Crippen molar-refractivity contribution in [3.63, 3.8) is 0 Å². The minimum atomic E-state index is -4.94. The van der Waals surface area contributed by atoms with Gasteiger partial charge in [0, 0.05) is 11.3 Å². The SMILES string of the molecule is Cc1cc2c(cc1-c1cc(C=C3SC(=O)NC3=O)ccc1OC(F)(F)F)N(Cc1ccccc1)C(=O)C2(C)C. The van der Waals surface area contributed by atoms with E-state index in [1.54, 1.807) is 17.9 Å². The summed E-state index contributed by atoms with van der Waals surface area (Å²) in [5, 5.41) is 1.63. The van der Waals surface area contributed by atoms with Gasteiger partial charge in [-0.2, -0.15) is 0 Å². The number of alkyl halides is 3. The first kappa shape index (κ1) is 26.6.